The first-order valence-corrected chi connectivity index (χ1v) is 7.16. The minimum Gasteiger partial charge on any atom is -0.328 e. The van der Waals surface area contributed by atoms with E-state index in [1.54, 1.807) is 0 Å². The molecule has 1 heterocycles. The van der Waals surface area contributed by atoms with Gasteiger partial charge in [-0.2, -0.15) is 0 Å². The third-order valence-corrected chi connectivity index (χ3v) is 4.07. The predicted octanol–water partition coefficient (Wildman–Crippen LogP) is 3.02. The van der Waals surface area contributed by atoms with Crippen LogP contribution < -0.4 is 5.73 Å². The molecule has 0 aromatic heterocycles. The Balaban J connectivity index is 0.000000165. The minimum atomic E-state index is 0.536. The molecule has 0 atom stereocenters. The van der Waals surface area contributed by atoms with Crippen LogP contribution in [0.25, 0.3) is 0 Å². The summed E-state index contributed by atoms with van der Waals surface area (Å²) in [6.07, 6.45) is 10.9. The zero-order chi connectivity index (χ0) is 11.8. The van der Waals surface area contributed by atoms with Crippen molar-refractivity contribution in [3.05, 3.63) is 0 Å². The molecule has 1 saturated heterocycles. The third kappa shape index (κ3) is 5.86. The van der Waals surface area contributed by atoms with Gasteiger partial charge in [-0.1, -0.05) is 32.6 Å². The van der Waals surface area contributed by atoms with E-state index in [2.05, 4.69) is 18.9 Å². The van der Waals surface area contributed by atoms with Crippen LogP contribution in [0.3, 0.4) is 0 Å². The summed E-state index contributed by atoms with van der Waals surface area (Å²) < 4.78 is 0. The molecule has 2 N–H and O–H groups in total. The van der Waals surface area contributed by atoms with Crippen molar-refractivity contribution in [2.45, 2.75) is 64.3 Å². The fraction of sp³-hybridized carbons (Fsp3) is 1.00. The van der Waals surface area contributed by atoms with Gasteiger partial charge in [-0.3, -0.25) is 0 Å². The molecule has 0 unspecified atom stereocenters. The van der Waals surface area contributed by atoms with Crippen molar-refractivity contribution in [3.63, 3.8) is 0 Å². The molecule has 1 aliphatic heterocycles. The van der Waals surface area contributed by atoms with Gasteiger partial charge in [-0.25, -0.2) is 0 Å². The number of nitrogens with zero attached hydrogens (tertiary/aromatic N) is 1. The Morgan fingerprint density at radius 3 is 1.94 bits per heavy atom. The van der Waals surface area contributed by atoms with E-state index in [-0.39, 0.29) is 0 Å². The monoisotopic (exact) mass is 226 g/mol. The first-order chi connectivity index (χ1) is 7.72. The zero-order valence-electron chi connectivity index (χ0n) is 11.3. The highest BCUT2D eigenvalue weighted by molar-refractivity contribution is 4.68. The largest absolute Gasteiger partial charge is 0.328 e. The van der Waals surface area contributed by atoms with E-state index >= 15 is 0 Å². The molecular weight excluding hydrogens is 196 g/mol. The summed E-state index contributed by atoms with van der Waals surface area (Å²) in [4.78, 5) is 2.42. The molecule has 2 nitrogen and oxygen atoms in total. The molecule has 16 heavy (non-hydrogen) atoms. The second kappa shape index (κ2) is 8.08. The fourth-order valence-electron chi connectivity index (χ4n) is 2.60. The topological polar surface area (TPSA) is 29.3 Å². The molecule has 0 spiro atoms. The van der Waals surface area contributed by atoms with Crippen molar-refractivity contribution >= 4 is 0 Å². The van der Waals surface area contributed by atoms with E-state index in [9.17, 15) is 0 Å². The third-order valence-electron chi connectivity index (χ3n) is 4.07. The molecule has 0 aromatic carbocycles. The molecule has 2 heteroatoms. The van der Waals surface area contributed by atoms with E-state index in [0.717, 1.165) is 5.92 Å². The smallest absolute Gasteiger partial charge is 0.00388 e. The molecule has 2 aliphatic rings. The van der Waals surface area contributed by atoms with Gasteiger partial charge in [0.1, 0.15) is 0 Å². The molecule has 1 aliphatic carbocycles. The van der Waals surface area contributed by atoms with Gasteiger partial charge in [0, 0.05) is 6.04 Å². The second-order valence-electron chi connectivity index (χ2n) is 5.55. The summed E-state index contributed by atoms with van der Waals surface area (Å²) in [6.45, 7) is 4.94. The van der Waals surface area contributed by atoms with Crippen molar-refractivity contribution < 1.29 is 0 Å². The molecule has 0 radical (unpaired) electrons. The quantitative estimate of drug-likeness (QED) is 0.744. The van der Waals surface area contributed by atoms with Gasteiger partial charge in [0.15, 0.2) is 0 Å². The SMILES string of the molecule is CCC1CCN(C)CC1.NC1CCCCC1. The number of hydrogen-bond acceptors (Lipinski definition) is 2. The average Bonchev–Trinajstić information content (AvgIpc) is 2.32. The summed E-state index contributed by atoms with van der Waals surface area (Å²) in [7, 11) is 2.21. The summed E-state index contributed by atoms with van der Waals surface area (Å²) in [5.41, 5.74) is 5.63. The average molecular weight is 226 g/mol. The van der Waals surface area contributed by atoms with Crippen LogP contribution in [0, 0.1) is 5.92 Å². The predicted molar refractivity (Wildman–Crippen MR) is 71.6 cm³/mol. The summed E-state index contributed by atoms with van der Waals surface area (Å²) in [5, 5.41) is 0. The van der Waals surface area contributed by atoms with E-state index in [0.29, 0.717) is 6.04 Å². The van der Waals surface area contributed by atoms with Crippen molar-refractivity contribution in [2.75, 3.05) is 20.1 Å². The van der Waals surface area contributed by atoms with Gasteiger partial charge in [0.25, 0.3) is 0 Å². The second-order valence-corrected chi connectivity index (χ2v) is 5.55. The summed E-state index contributed by atoms with van der Waals surface area (Å²) in [6, 6.07) is 0.536. The lowest BCUT2D eigenvalue weighted by Gasteiger charge is -2.27. The number of hydrogen-bond donors (Lipinski definition) is 1. The Kier molecular flexibility index (Phi) is 7.06. The molecular formula is C14H30N2. The van der Waals surface area contributed by atoms with E-state index in [4.69, 9.17) is 5.73 Å². The summed E-state index contributed by atoms with van der Waals surface area (Å²) in [5.74, 6) is 1.03. The molecule has 0 amide bonds. The standard InChI is InChI=1S/C8H17N.C6H13N/c1-3-8-4-6-9(2)7-5-8;7-6-4-2-1-3-5-6/h8H,3-7H2,1-2H3;6H,1-5,7H2. The van der Waals surface area contributed by atoms with E-state index in [1.165, 1.54) is 64.5 Å². The molecule has 2 rings (SSSR count). The van der Waals surface area contributed by atoms with Gasteiger partial charge in [-0.15, -0.1) is 0 Å². The first kappa shape index (κ1) is 14.0. The van der Waals surface area contributed by atoms with Crippen molar-refractivity contribution in [2.24, 2.45) is 11.7 Å². The van der Waals surface area contributed by atoms with Gasteiger partial charge in [-0.05, 0) is 51.7 Å². The first-order valence-electron chi connectivity index (χ1n) is 7.16. The van der Waals surface area contributed by atoms with Gasteiger partial charge >= 0.3 is 0 Å². The van der Waals surface area contributed by atoms with Crippen LogP contribution in [0.4, 0.5) is 0 Å². The number of nitrogens with two attached hydrogens (primary N) is 1. The number of likely N-dealkylation sites (tertiary alicyclic amines) is 1. The fourth-order valence-corrected chi connectivity index (χ4v) is 2.60. The van der Waals surface area contributed by atoms with Crippen LogP contribution in [0.1, 0.15) is 58.3 Å². The number of rotatable bonds is 1. The Morgan fingerprint density at radius 2 is 1.56 bits per heavy atom. The Labute approximate surface area is 102 Å². The molecule has 2 fully saturated rings. The zero-order valence-corrected chi connectivity index (χ0v) is 11.3. The lowest BCUT2D eigenvalue weighted by molar-refractivity contribution is 0.216. The highest BCUT2D eigenvalue weighted by atomic mass is 15.1. The normalized spacial score (nSPS) is 24.9. The maximum absolute atomic E-state index is 5.63. The van der Waals surface area contributed by atoms with Crippen LogP contribution in [-0.4, -0.2) is 31.1 Å². The molecule has 96 valence electrons. The summed E-state index contributed by atoms with van der Waals surface area (Å²) >= 11 is 0. The van der Waals surface area contributed by atoms with Crippen LogP contribution in [0.2, 0.25) is 0 Å². The van der Waals surface area contributed by atoms with Crippen molar-refractivity contribution in [3.8, 4) is 0 Å². The lowest BCUT2D eigenvalue weighted by atomic mass is 9.95. The highest BCUT2D eigenvalue weighted by Crippen LogP contribution is 2.18. The van der Waals surface area contributed by atoms with Gasteiger partial charge in [0.2, 0.25) is 0 Å². The van der Waals surface area contributed by atoms with Crippen LogP contribution in [0.15, 0.2) is 0 Å². The van der Waals surface area contributed by atoms with Crippen molar-refractivity contribution in [1.29, 1.82) is 0 Å². The molecule has 0 aromatic rings. The van der Waals surface area contributed by atoms with Gasteiger partial charge in [0.05, 0.1) is 0 Å². The molecule has 0 bridgehead atoms. The van der Waals surface area contributed by atoms with Crippen LogP contribution >= 0.6 is 0 Å². The lowest BCUT2D eigenvalue weighted by Crippen LogP contribution is -2.29. The molecule has 1 saturated carbocycles. The Hall–Kier alpha value is -0.0800. The maximum atomic E-state index is 5.63. The van der Waals surface area contributed by atoms with E-state index in [1.807, 2.05) is 0 Å². The van der Waals surface area contributed by atoms with Crippen molar-refractivity contribution in [1.82, 2.24) is 4.90 Å². The van der Waals surface area contributed by atoms with Crippen LogP contribution in [-0.2, 0) is 0 Å². The van der Waals surface area contributed by atoms with E-state index < -0.39 is 0 Å². The highest BCUT2D eigenvalue weighted by Gasteiger charge is 2.13. The maximum Gasteiger partial charge on any atom is 0.00388 e. The Bertz CT molecular complexity index is 156. The number of piperidine rings is 1. The van der Waals surface area contributed by atoms with Gasteiger partial charge < -0.3 is 10.6 Å². The Morgan fingerprint density at radius 1 is 1.00 bits per heavy atom. The minimum absolute atomic E-state index is 0.536. The van der Waals surface area contributed by atoms with Crippen LogP contribution in [0.5, 0.6) is 0 Å².